The first kappa shape index (κ1) is 23.9. The second-order valence-electron chi connectivity index (χ2n) is 9.24. The van der Waals surface area contributed by atoms with Crippen LogP contribution in [0.5, 0.6) is 17.2 Å². The molecular weight excluding hydrogens is 486 g/mol. The molecule has 0 aliphatic carbocycles. The van der Waals surface area contributed by atoms with Gasteiger partial charge in [-0.05, 0) is 30.7 Å². The Morgan fingerprint density at radius 3 is 2.46 bits per heavy atom. The third-order valence-corrected chi connectivity index (χ3v) is 8.03. The molecule has 0 spiro atoms. The van der Waals surface area contributed by atoms with Crippen LogP contribution in [-0.4, -0.2) is 62.3 Å². The summed E-state index contributed by atoms with van der Waals surface area (Å²) >= 11 is 1.54. The second kappa shape index (κ2) is 10.5. The molecule has 7 nitrogen and oxygen atoms in total. The highest BCUT2D eigenvalue weighted by molar-refractivity contribution is 7.22. The largest absolute Gasteiger partial charge is 0.497 e. The number of morpholine rings is 1. The summed E-state index contributed by atoms with van der Waals surface area (Å²) < 4.78 is 18.1. The van der Waals surface area contributed by atoms with Crippen molar-refractivity contribution >= 4 is 32.6 Å². The SMILES string of the molecule is COc1ccc2sc(N(CCCN3CCOCC3)C(=O)C3c4ccccc4Oc4ccccc43)nc2c1. The van der Waals surface area contributed by atoms with Crippen molar-refractivity contribution in [2.45, 2.75) is 12.3 Å². The zero-order chi connectivity index (χ0) is 25.2. The molecule has 0 N–H and O–H groups in total. The van der Waals surface area contributed by atoms with E-state index >= 15 is 0 Å². The van der Waals surface area contributed by atoms with Crippen LogP contribution < -0.4 is 14.4 Å². The molecule has 8 heteroatoms. The Balaban J connectivity index is 1.36. The van der Waals surface area contributed by atoms with Gasteiger partial charge < -0.3 is 14.2 Å². The summed E-state index contributed by atoms with van der Waals surface area (Å²) in [6, 6.07) is 21.5. The van der Waals surface area contributed by atoms with E-state index in [9.17, 15) is 4.79 Å². The number of fused-ring (bicyclic) bond motifs is 3. The Kier molecular flexibility index (Phi) is 6.78. The van der Waals surface area contributed by atoms with Gasteiger partial charge in [0.05, 0.1) is 36.5 Å². The summed E-state index contributed by atoms with van der Waals surface area (Å²) in [4.78, 5) is 23.7. The third kappa shape index (κ3) is 4.80. The number of anilines is 1. The molecule has 1 saturated heterocycles. The fourth-order valence-electron chi connectivity index (χ4n) is 5.05. The van der Waals surface area contributed by atoms with Gasteiger partial charge in [0.15, 0.2) is 5.13 Å². The maximum Gasteiger partial charge on any atom is 0.241 e. The lowest BCUT2D eigenvalue weighted by atomic mass is 9.87. The van der Waals surface area contributed by atoms with Crippen LogP contribution in [0.15, 0.2) is 66.7 Å². The molecule has 6 rings (SSSR count). The molecule has 0 saturated carbocycles. The predicted octanol–water partition coefficient (Wildman–Crippen LogP) is 5.30. The number of ether oxygens (including phenoxy) is 3. The number of para-hydroxylation sites is 2. The van der Waals surface area contributed by atoms with Crippen molar-refractivity contribution < 1.29 is 19.0 Å². The lowest BCUT2D eigenvalue weighted by molar-refractivity contribution is -0.119. The van der Waals surface area contributed by atoms with Crippen molar-refractivity contribution in [3.05, 3.63) is 77.9 Å². The molecule has 190 valence electrons. The van der Waals surface area contributed by atoms with Gasteiger partial charge in [-0.3, -0.25) is 14.6 Å². The van der Waals surface area contributed by atoms with E-state index in [2.05, 4.69) is 4.90 Å². The van der Waals surface area contributed by atoms with Gasteiger partial charge in [-0.1, -0.05) is 47.7 Å². The van der Waals surface area contributed by atoms with Crippen LogP contribution in [0.1, 0.15) is 23.5 Å². The van der Waals surface area contributed by atoms with E-state index in [0.29, 0.717) is 11.7 Å². The zero-order valence-corrected chi connectivity index (χ0v) is 21.6. The zero-order valence-electron chi connectivity index (χ0n) is 20.8. The minimum Gasteiger partial charge on any atom is -0.497 e. The van der Waals surface area contributed by atoms with Crippen molar-refractivity contribution in [3.63, 3.8) is 0 Å². The van der Waals surface area contributed by atoms with Crippen LogP contribution in [0, 0.1) is 0 Å². The highest BCUT2D eigenvalue weighted by Crippen LogP contribution is 2.45. The number of carbonyl (C=O) groups is 1. The molecular formula is C29H29N3O4S. The summed E-state index contributed by atoms with van der Waals surface area (Å²) in [5, 5.41) is 0.705. The Labute approximate surface area is 220 Å². The number of aromatic nitrogens is 1. The van der Waals surface area contributed by atoms with Crippen LogP contribution in [-0.2, 0) is 9.53 Å². The maximum absolute atomic E-state index is 14.5. The predicted molar refractivity (Wildman–Crippen MR) is 145 cm³/mol. The molecule has 2 aliphatic heterocycles. The first-order chi connectivity index (χ1) is 18.2. The number of methoxy groups -OCH3 is 1. The summed E-state index contributed by atoms with van der Waals surface area (Å²) in [6.45, 7) is 4.86. The number of nitrogens with zero attached hydrogens (tertiary/aromatic N) is 3. The fraction of sp³-hybridized carbons (Fsp3) is 0.310. The molecule has 4 aromatic rings. The van der Waals surface area contributed by atoms with Crippen LogP contribution >= 0.6 is 11.3 Å². The van der Waals surface area contributed by atoms with Crippen molar-refractivity contribution in [2.75, 3.05) is 51.4 Å². The summed E-state index contributed by atoms with van der Waals surface area (Å²) in [6.07, 6.45) is 0.845. The van der Waals surface area contributed by atoms with Crippen molar-refractivity contribution in [1.29, 1.82) is 0 Å². The molecule has 0 unspecified atom stereocenters. The fourth-order valence-corrected chi connectivity index (χ4v) is 6.02. The molecule has 37 heavy (non-hydrogen) atoms. The molecule has 1 amide bonds. The lowest BCUT2D eigenvalue weighted by Gasteiger charge is -2.32. The summed E-state index contributed by atoms with van der Waals surface area (Å²) in [5.74, 6) is 1.74. The summed E-state index contributed by atoms with van der Waals surface area (Å²) in [5.41, 5.74) is 2.59. The normalized spacial score (nSPS) is 15.6. The van der Waals surface area contributed by atoms with E-state index in [-0.39, 0.29) is 5.91 Å². The molecule has 1 fully saturated rings. The average molecular weight is 516 g/mol. The lowest BCUT2D eigenvalue weighted by Crippen LogP contribution is -2.40. The highest BCUT2D eigenvalue weighted by Gasteiger charge is 2.36. The number of hydrogen-bond donors (Lipinski definition) is 0. The van der Waals surface area contributed by atoms with E-state index in [1.165, 1.54) is 11.3 Å². The average Bonchev–Trinajstić information content (AvgIpc) is 3.37. The molecule has 0 atom stereocenters. The van der Waals surface area contributed by atoms with Gasteiger partial charge in [0.25, 0.3) is 0 Å². The van der Waals surface area contributed by atoms with Gasteiger partial charge in [-0.15, -0.1) is 0 Å². The molecule has 2 aliphatic rings. The number of amides is 1. The Bertz CT molecular complexity index is 1370. The number of benzene rings is 3. The van der Waals surface area contributed by atoms with Crippen LogP contribution in [0.4, 0.5) is 5.13 Å². The number of thiazole rings is 1. The van der Waals surface area contributed by atoms with Gasteiger partial charge in [0.2, 0.25) is 5.91 Å². The Hall–Kier alpha value is -3.46. The Morgan fingerprint density at radius 1 is 1.05 bits per heavy atom. The van der Waals surface area contributed by atoms with Gasteiger partial charge in [0.1, 0.15) is 17.2 Å². The van der Waals surface area contributed by atoms with E-state index in [1.54, 1.807) is 7.11 Å². The van der Waals surface area contributed by atoms with Gasteiger partial charge in [-0.2, -0.15) is 0 Å². The van der Waals surface area contributed by atoms with E-state index in [1.807, 2.05) is 71.6 Å². The number of rotatable bonds is 7. The minimum absolute atomic E-state index is 0.0104. The minimum atomic E-state index is -0.467. The molecule has 0 bridgehead atoms. The van der Waals surface area contributed by atoms with E-state index in [0.717, 1.165) is 77.9 Å². The van der Waals surface area contributed by atoms with Crippen LogP contribution in [0.25, 0.3) is 10.2 Å². The van der Waals surface area contributed by atoms with E-state index in [4.69, 9.17) is 19.2 Å². The number of hydrogen-bond acceptors (Lipinski definition) is 7. The van der Waals surface area contributed by atoms with Gasteiger partial charge in [0, 0.05) is 43.4 Å². The van der Waals surface area contributed by atoms with Gasteiger partial charge in [-0.25, -0.2) is 4.98 Å². The first-order valence-electron chi connectivity index (χ1n) is 12.6. The standard InChI is InChI=1S/C29H29N3O4S/c1-34-20-11-12-26-23(19-20)30-29(37-26)32(14-6-13-31-15-17-35-18-16-31)28(33)27-21-7-2-4-9-24(21)36-25-10-5-3-8-22(25)27/h2-5,7-12,19,27H,6,13-18H2,1H3. The molecule has 1 aromatic heterocycles. The molecule has 3 aromatic carbocycles. The number of carbonyl (C=O) groups excluding carboxylic acids is 1. The highest BCUT2D eigenvalue weighted by atomic mass is 32.1. The van der Waals surface area contributed by atoms with Gasteiger partial charge >= 0.3 is 0 Å². The van der Waals surface area contributed by atoms with E-state index < -0.39 is 5.92 Å². The first-order valence-corrected chi connectivity index (χ1v) is 13.4. The van der Waals surface area contributed by atoms with Crippen molar-refractivity contribution in [2.24, 2.45) is 0 Å². The van der Waals surface area contributed by atoms with Crippen molar-refractivity contribution in [3.8, 4) is 17.2 Å². The summed E-state index contributed by atoms with van der Waals surface area (Å²) in [7, 11) is 1.65. The molecule has 3 heterocycles. The third-order valence-electron chi connectivity index (χ3n) is 6.97. The molecule has 0 radical (unpaired) electrons. The smallest absolute Gasteiger partial charge is 0.241 e. The van der Waals surface area contributed by atoms with Crippen LogP contribution in [0.3, 0.4) is 0 Å². The van der Waals surface area contributed by atoms with Crippen LogP contribution in [0.2, 0.25) is 0 Å². The van der Waals surface area contributed by atoms with Crippen molar-refractivity contribution in [1.82, 2.24) is 9.88 Å². The topological polar surface area (TPSA) is 64.1 Å². The maximum atomic E-state index is 14.5. The quantitative estimate of drug-likeness (QED) is 0.333. The monoisotopic (exact) mass is 515 g/mol. The Morgan fingerprint density at radius 2 is 1.76 bits per heavy atom. The second-order valence-corrected chi connectivity index (χ2v) is 10.2.